The fourth-order valence-corrected chi connectivity index (χ4v) is 12.5. The minimum Gasteiger partial charge on any atom is -0.390 e. The van der Waals surface area contributed by atoms with E-state index in [1.54, 1.807) is 30.9 Å². The van der Waals surface area contributed by atoms with Crippen molar-refractivity contribution in [2.75, 3.05) is 25.7 Å². The summed E-state index contributed by atoms with van der Waals surface area (Å²) in [5.41, 5.74) is 1.35. The summed E-state index contributed by atoms with van der Waals surface area (Å²) in [6, 6.07) is -1.73. The fraction of sp³-hybridized carbons (Fsp3) is 0.778. The number of phosphoric acid groups is 1. The third kappa shape index (κ3) is 10.4. The van der Waals surface area contributed by atoms with Crippen molar-refractivity contribution in [1.82, 2.24) is 14.5 Å². The van der Waals surface area contributed by atoms with Crippen molar-refractivity contribution in [1.29, 1.82) is 0 Å². The number of aliphatic hydroxyl groups excluding tert-OH is 1. The van der Waals surface area contributed by atoms with Crippen LogP contribution in [0.4, 0.5) is 0 Å². The van der Waals surface area contributed by atoms with Crippen molar-refractivity contribution in [3.05, 3.63) is 18.9 Å². The molecule has 5 N–H and O–H groups in total. The molecule has 4 radical (unpaired) electrons. The van der Waals surface area contributed by atoms with Crippen LogP contribution in [-0.4, -0.2) is 129 Å². The molecule has 0 saturated carbocycles. The SMILES string of the molecule is [B]C1OC(COP(=C)(O)OC2C(COP(=O)(O)CP(=O)(O)OP(=O)(O)OCC3OC([n+]4cn(C)c5cncnc54)C(C)C3C)OC([B])C2C)C(O)C1C. The number of imidazole rings is 1. The van der Waals surface area contributed by atoms with E-state index in [1.807, 2.05) is 25.5 Å². The zero-order valence-corrected chi connectivity index (χ0v) is 33.2. The predicted octanol–water partition coefficient (Wildman–Crippen LogP) is 0.913. The van der Waals surface area contributed by atoms with Gasteiger partial charge in [-0.05, 0) is 12.2 Å². The summed E-state index contributed by atoms with van der Waals surface area (Å²) < 4.78 is 84.9. The topological polar surface area (TPSA) is 261 Å². The van der Waals surface area contributed by atoms with Crippen molar-refractivity contribution in [2.24, 2.45) is 30.7 Å². The van der Waals surface area contributed by atoms with E-state index in [1.165, 1.54) is 6.33 Å². The largest absolute Gasteiger partial charge is 0.479 e. The van der Waals surface area contributed by atoms with Gasteiger partial charge < -0.3 is 52.5 Å². The lowest BCUT2D eigenvalue weighted by Crippen LogP contribution is -2.42. The van der Waals surface area contributed by atoms with Gasteiger partial charge in [0, 0.05) is 29.8 Å². The lowest BCUT2D eigenvalue weighted by molar-refractivity contribution is -0.745. The van der Waals surface area contributed by atoms with Gasteiger partial charge in [-0.1, -0.05) is 32.7 Å². The van der Waals surface area contributed by atoms with E-state index < -0.39 is 104 Å². The van der Waals surface area contributed by atoms with Crippen LogP contribution in [0.2, 0.25) is 0 Å². The maximum atomic E-state index is 12.9. The zero-order chi connectivity index (χ0) is 39.3. The Kier molecular flexibility index (Phi) is 13.5. The highest BCUT2D eigenvalue weighted by molar-refractivity contribution is 7.74. The van der Waals surface area contributed by atoms with Crippen LogP contribution in [-0.2, 0) is 57.4 Å². The molecule has 3 aliphatic rings. The highest BCUT2D eigenvalue weighted by atomic mass is 31.3. The maximum absolute atomic E-state index is 12.9. The van der Waals surface area contributed by atoms with Gasteiger partial charge >= 0.3 is 28.7 Å². The number of nitrogens with zero attached hydrogens (tertiary/aromatic N) is 4. The molecule has 20 nitrogen and oxygen atoms in total. The van der Waals surface area contributed by atoms with Crippen LogP contribution < -0.4 is 4.57 Å². The van der Waals surface area contributed by atoms with Gasteiger partial charge in [-0.25, -0.2) is 18.4 Å². The highest BCUT2D eigenvalue weighted by Gasteiger charge is 2.48. The average molecular weight is 827 g/mol. The lowest BCUT2D eigenvalue weighted by Gasteiger charge is -2.29. The summed E-state index contributed by atoms with van der Waals surface area (Å²) in [6.07, 6.45) is 2.97. The summed E-state index contributed by atoms with van der Waals surface area (Å²) in [4.78, 5) is 50.2. The van der Waals surface area contributed by atoms with Gasteiger partial charge in [-0.15, -0.1) is 0 Å². The van der Waals surface area contributed by atoms with E-state index in [2.05, 4.69) is 20.6 Å². The van der Waals surface area contributed by atoms with E-state index >= 15 is 0 Å². The van der Waals surface area contributed by atoms with Gasteiger partial charge in [-0.2, -0.15) is 0 Å². The zero-order valence-electron chi connectivity index (χ0n) is 29.7. The molecule has 3 fully saturated rings. The quantitative estimate of drug-likeness (QED) is 0.0895. The van der Waals surface area contributed by atoms with Gasteiger partial charge in [0.1, 0.15) is 27.9 Å². The van der Waals surface area contributed by atoms with Gasteiger partial charge in [0.05, 0.1) is 51.4 Å². The van der Waals surface area contributed by atoms with Crippen molar-refractivity contribution in [3.63, 3.8) is 0 Å². The molecule has 0 spiro atoms. The second kappa shape index (κ2) is 16.6. The number of aryl methyl sites for hydroxylation is 1. The molecular formula is C27H45B2N4O16P4+. The molecular weight excluding hydrogens is 782 g/mol. The molecule has 0 aromatic carbocycles. The van der Waals surface area contributed by atoms with Crippen molar-refractivity contribution in [3.8, 4) is 0 Å². The molecule has 53 heavy (non-hydrogen) atoms. The summed E-state index contributed by atoms with van der Waals surface area (Å²) in [5.74, 6) is -2.96. The summed E-state index contributed by atoms with van der Waals surface area (Å²) in [5, 5.41) is 10.3. The summed E-state index contributed by atoms with van der Waals surface area (Å²) in [6.45, 7) is 5.47. The molecule has 3 saturated heterocycles. The Morgan fingerprint density at radius 3 is 2.15 bits per heavy atom. The molecule has 3 aliphatic heterocycles. The third-order valence-corrected chi connectivity index (χ3v) is 16.6. The van der Waals surface area contributed by atoms with E-state index in [0.29, 0.717) is 5.65 Å². The summed E-state index contributed by atoms with van der Waals surface area (Å²) >= 11 is 0. The van der Waals surface area contributed by atoms with Crippen molar-refractivity contribution in [2.45, 2.75) is 76.4 Å². The Morgan fingerprint density at radius 2 is 1.49 bits per heavy atom. The van der Waals surface area contributed by atoms with Crippen LogP contribution in [0.15, 0.2) is 18.9 Å². The number of aromatic nitrogens is 4. The first-order valence-corrected chi connectivity index (χ1v) is 23.4. The van der Waals surface area contributed by atoms with Crippen LogP contribution >= 0.6 is 30.6 Å². The number of rotatable bonds is 16. The first-order chi connectivity index (χ1) is 24.5. The normalized spacial score (nSPS) is 38.0. The minimum absolute atomic E-state index is 0.124. The Balaban J connectivity index is 1.13. The average Bonchev–Trinajstić information content (AvgIpc) is 3.71. The standard InChI is InChI=1S/C27H44B2N4O16P4/c1-14-15(2)27(33-12-32(5)18-7-30-11-31-26(18)33)47-19(14)8-44-53(40,41)49-52(38,39)13-51(36,37)43-10-21-23(17(4)25(29)46-21)48-50(6,35)42-9-20-22(34)16(3)24(28)45-20/h7,11-12,14-17,19-25,27,34H,6,8-10,13H2,1-5H3,(H3-,35,36,37,38,39,40,41)/p+1. The highest BCUT2D eigenvalue weighted by Crippen LogP contribution is 2.66. The molecule has 2 aromatic heterocycles. The third-order valence-electron chi connectivity index (χ3n) is 9.71. The lowest BCUT2D eigenvalue weighted by atomic mass is 9.86. The molecule has 16 atom stereocenters. The van der Waals surface area contributed by atoms with Crippen molar-refractivity contribution >= 4 is 63.7 Å². The van der Waals surface area contributed by atoms with Crippen LogP contribution in [0, 0.1) is 23.7 Å². The van der Waals surface area contributed by atoms with Crippen LogP contribution in [0.3, 0.4) is 0 Å². The second-order valence-electron chi connectivity index (χ2n) is 13.7. The summed E-state index contributed by atoms with van der Waals surface area (Å²) in [7, 11) is -5.93. The first kappa shape index (κ1) is 43.3. The number of phosphoric ester groups is 1. The molecule has 5 rings (SSSR count). The van der Waals surface area contributed by atoms with Crippen molar-refractivity contribution < 1.29 is 79.6 Å². The first-order valence-electron chi connectivity index (χ1n) is 16.6. The molecule has 16 unspecified atom stereocenters. The van der Waals surface area contributed by atoms with Crippen LogP contribution in [0.25, 0.3) is 11.2 Å². The molecule has 0 amide bonds. The maximum Gasteiger partial charge on any atom is 0.479 e. The molecule has 0 aliphatic carbocycles. The number of hydrogen-bond acceptors (Lipinski definition) is 15. The Labute approximate surface area is 309 Å². The smallest absolute Gasteiger partial charge is 0.390 e. The monoisotopic (exact) mass is 827 g/mol. The molecule has 2 aromatic rings. The van der Waals surface area contributed by atoms with E-state index in [-0.39, 0.29) is 24.4 Å². The van der Waals surface area contributed by atoms with Gasteiger partial charge in [0.25, 0.3) is 0 Å². The fourth-order valence-electron chi connectivity index (χ4n) is 6.34. The Morgan fingerprint density at radius 1 is 0.868 bits per heavy atom. The van der Waals surface area contributed by atoms with Crippen LogP contribution in [0.1, 0.15) is 33.9 Å². The molecule has 26 heteroatoms. The predicted molar refractivity (Wildman–Crippen MR) is 189 cm³/mol. The minimum atomic E-state index is -5.32. The van der Waals surface area contributed by atoms with E-state index in [9.17, 15) is 38.4 Å². The number of ether oxygens (including phenoxy) is 3. The van der Waals surface area contributed by atoms with E-state index in [0.717, 1.165) is 5.52 Å². The number of fused-ring (bicyclic) bond motifs is 1. The van der Waals surface area contributed by atoms with Crippen LogP contribution in [0.5, 0.6) is 0 Å². The van der Waals surface area contributed by atoms with Gasteiger partial charge in [0.15, 0.2) is 30.3 Å². The second-order valence-corrected chi connectivity index (χ2v) is 21.2. The number of aliphatic hydroxyl groups is 1. The Bertz CT molecular complexity index is 1810. The molecule has 5 heterocycles. The Hall–Kier alpha value is -0.850. The molecule has 0 bridgehead atoms. The number of hydrogen-bond donors (Lipinski definition) is 5. The van der Waals surface area contributed by atoms with E-state index in [4.69, 9.17) is 48.0 Å². The van der Waals surface area contributed by atoms with Gasteiger partial charge in [0.2, 0.25) is 7.57 Å². The van der Waals surface area contributed by atoms with Gasteiger partial charge in [-0.3, -0.25) is 18.2 Å². The molecule has 294 valence electrons.